The molecule has 0 atom stereocenters. The molecule has 10 heteroatoms. The Morgan fingerprint density at radius 3 is 2.26 bits per heavy atom. The predicted molar refractivity (Wildman–Crippen MR) is 146 cm³/mol. The first-order valence-corrected chi connectivity index (χ1v) is 12.5. The number of nitrogens with zero attached hydrogens (tertiary/aromatic N) is 2. The highest BCUT2D eigenvalue weighted by Crippen LogP contribution is 2.31. The van der Waals surface area contributed by atoms with Crippen LogP contribution in [0.4, 0.5) is 20.2 Å². The van der Waals surface area contributed by atoms with E-state index < -0.39 is 6.61 Å². The SMILES string of the molecule is COc1ccc(C=C2N=C(SCC(=O)Nc3ccc(OC(F)F)cc3)N(c3cc(C)cc(C)c3)C2=O)cc1. The standard InChI is InChI=1S/C28H25F2N3O4S/c1-17-12-18(2)14-21(13-17)33-26(35)24(15-19-4-8-22(36-3)9-5-19)32-28(33)38-16-25(34)31-20-6-10-23(11-7-20)37-27(29)30/h4-15,27H,16H2,1-3H3,(H,31,34). The molecule has 38 heavy (non-hydrogen) atoms. The molecule has 3 aromatic carbocycles. The summed E-state index contributed by atoms with van der Waals surface area (Å²) in [5, 5.41) is 3.08. The number of anilines is 2. The first-order valence-electron chi connectivity index (χ1n) is 11.6. The van der Waals surface area contributed by atoms with Crippen molar-refractivity contribution >= 4 is 46.2 Å². The van der Waals surface area contributed by atoms with E-state index in [1.54, 1.807) is 25.3 Å². The van der Waals surface area contributed by atoms with Crippen LogP contribution in [0.2, 0.25) is 0 Å². The lowest BCUT2D eigenvalue weighted by atomic mass is 10.1. The summed E-state index contributed by atoms with van der Waals surface area (Å²) in [6, 6.07) is 18.6. The number of benzene rings is 3. The van der Waals surface area contributed by atoms with Gasteiger partial charge in [-0.3, -0.25) is 14.5 Å². The summed E-state index contributed by atoms with van der Waals surface area (Å²) >= 11 is 1.12. The molecule has 0 fully saturated rings. The number of hydrogen-bond acceptors (Lipinski definition) is 6. The van der Waals surface area contributed by atoms with Crippen LogP contribution in [0.15, 0.2) is 77.4 Å². The van der Waals surface area contributed by atoms with Crippen molar-refractivity contribution in [1.29, 1.82) is 0 Å². The number of ether oxygens (including phenoxy) is 2. The van der Waals surface area contributed by atoms with Gasteiger partial charge in [0, 0.05) is 5.69 Å². The third kappa shape index (κ3) is 6.77. The molecule has 1 aliphatic rings. The van der Waals surface area contributed by atoms with Crippen molar-refractivity contribution in [3.8, 4) is 11.5 Å². The molecule has 1 aliphatic heterocycles. The number of alkyl halides is 2. The minimum Gasteiger partial charge on any atom is -0.497 e. The largest absolute Gasteiger partial charge is 0.497 e. The number of aryl methyl sites for hydroxylation is 2. The van der Waals surface area contributed by atoms with Crippen molar-refractivity contribution in [3.63, 3.8) is 0 Å². The van der Waals surface area contributed by atoms with Gasteiger partial charge in [-0.15, -0.1) is 0 Å². The van der Waals surface area contributed by atoms with E-state index in [2.05, 4.69) is 15.0 Å². The van der Waals surface area contributed by atoms with Gasteiger partial charge >= 0.3 is 6.61 Å². The monoisotopic (exact) mass is 537 g/mol. The van der Waals surface area contributed by atoms with Crippen molar-refractivity contribution in [1.82, 2.24) is 0 Å². The van der Waals surface area contributed by atoms with Crippen LogP contribution in [-0.4, -0.2) is 36.5 Å². The van der Waals surface area contributed by atoms with E-state index in [-0.39, 0.29) is 29.0 Å². The van der Waals surface area contributed by atoms with Gasteiger partial charge < -0.3 is 14.8 Å². The van der Waals surface area contributed by atoms with Gasteiger partial charge in [0.05, 0.1) is 18.6 Å². The molecular formula is C28H25F2N3O4S. The molecule has 0 saturated carbocycles. The van der Waals surface area contributed by atoms with Crippen LogP contribution in [-0.2, 0) is 9.59 Å². The van der Waals surface area contributed by atoms with E-state index in [4.69, 9.17) is 4.74 Å². The van der Waals surface area contributed by atoms with Gasteiger partial charge in [0.25, 0.3) is 5.91 Å². The normalized spacial score (nSPS) is 14.2. The minimum atomic E-state index is -2.93. The van der Waals surface area contributed by atoms with Crippen molar-refractivity contribution in [2.45, 2.75) is 20.5 Å². The number of nitrogens with one attached hydrogen (secondary N) is 1. The smallest absolute Gasteiger partial charge is 0.387 e. The van der Waals surface area contributed by atoms with Crippen molar-refractivity contribution < 1.29 is 27.8 Å². The summed E-state index contributed by atoms with van der Waals surface area (Å²) in [6.45, 7) is 0.964. The van der Waals surface area contributed by atoms with Crippen molar-refractivity contribution in [2.75, 3.05) is 23.1 Å². The Balaban J connectivity index is 1.53. The summed E-state index contributed by atoms with van der Waals surface area (Å²) in [5.74, 6) is 0.0116. The number of halogens is 2. The Morgan fingerprint density at radius 2 is 1.66 bits per heavy atom. The highest BCUT2D eigenvalue weighted by Gasteiger charge is 2.32. The highest BCUT2D eigenvalue weighted by atomic mass is 32.2. The Hall–Kier alpha value is -4.18. The number of rotatable bonds is 8. The van der Waals surface area contributed by atoms with Crippen molar-refractivity contribution in [2.24, 2.45) is 4.99 Å². The zero-order valence-electron chi connectivity index (χ0n) is 20.9. The lowest BCUT2D eigenvalue weighted by Crippen LogP contribution is -2.31. The minimum absolute atomic E-state index is 0.00790. The third-order valence-corrected chi connectivity index (χ3v) is 6.35. The molecule has 4 rings (SSSR count). The Morgan fingerprint density at radius 1 is 1.03 bits per heavy atom. The van der Waals surface area contributed by atoms with Gasteiger partial charge in [-0.25, -0.2) is 4.99 Å². The summed E-state index contributed by atoms with van der Waals surface area (Å²) in [4.78, 5) is 32.1. The molecule has 0 aromatic heterocycles. The van der Waals surface area contributed by atoms with Gasteiger partial charge in [0.2, 0.25) is 5.91 Å². The first-order chi connectivity index (χ1) is 18.2. The molecule has 7 nitrogen and oxygen atoms in total. The molecule has 196 valence electrons. The van der Waals surface area contributed by atoms with E-state index in [1.165, 1.54) is 29.2 Å². The number of hydrogen-bond donors (Lipinski definition) is 1. The number of methoxy groups -OCH3 is 1. The fourth-order valence-corrected chi connectivity index (χ4v) is 4.62. The molecule has 0 radical (unpaired) electrons. The van der Waals surface area contributed by atoms with Crippen LogP contribution in [0.1, 0.15) is 16.7 Å². The maximum Gasteiger partial charge on any atom is 0.387 e. The summed E-state index contributed by atoms with van der Waals surface area (Å²) < 4.78 is 34.2. The maximum atomic E-state index is 13.4. The molecule has 0 unspecified atom stereocenters. The van der Waals surface area contributed by atoms with Crippen LogP contribution < -0.4 is 19.7 Å². The van der Waals surface area contributed by atoms with E-state index >= 15 is 0 Å². The highest BCUT2D eigenvalue weighted by molar-refractivity contribution is 8.14. The fourth-order valence-electron chi connectivity index (χ4n) is 3.81. The second-order valence-corrected chi connectivity index (χ2v) is 9.37. The number of amides is 2. The number of carbonyl (C=O) groups excluding carboxylic acids is 2. The average Bonchev–Trinajstić information content (AvgIpc) is 3.18. The molecule has 3 aromatic rings. The predicted octanol–water partition coefficient (Wildman–Crippen LogP) is 6.03. The zero-order valence-corrected chi connectivity index (χ0v) is 21.7. The second-order valence-electron chi connectivity index (χ2n) is 8.42. The van der Waals surface area contributed by atoms with Crippen LogP contribution >= 0.6 is 11.8 Å². The topological polar surface area (TPSA) is 80.2 Å². The molecule has 0 aliphatic carbocycles. The Bertz CT molecular complexity index is 1370. The van der Waals surface area contributed by atoms with E-state index in [1.807, 2.05) is 44.2 Å². The first kappa shape index (κ1) is 26.9. The van der Waals surface area contributed by atoms with Gasteiger partial charge in [-0.1, -0.05) is 30.0 Å². The molecular weight excluding hydrogens is 512 g/mol. The van der Waals surface area contributed by atoms with Gasteiger partial charge in [-0.2, -0.15) is 8.78 Å². The summed E-state index contributed by atoms with van der Waals surface area (Å²) in [6.07, 6.45) is 1.69. The van der Waals surface area contributed by atoms with Crippen LogP contribution in [0, 0.1) is 13.8 Å². The molecule has 0 saturated heterocycles. The van der Waals surface area contributed by atoms with E-state index in [0.717, 1.165) is 28.5 Å². The second kappa shape index (κ2) is 11.9. The zero-order chi connectivity index (χ0) is 27.2. The number of carbonyl (C=O) groups is 2. The molecule has 0 spiro atoms. The number of aliphatic imine (C=N–C) groups is 1. The summed E-state index contributed by atoms with van der Waals surface area (Å²) in [7, 11) is 1.58. The molecule has 1 heterocycles. The van der Waals surface area contributed by atoms with Crippen LogP contribution in [0.25, 0.3) is 6.08 Å². The van der Waals surface area contributed by atoms with E-state index in [9.17, 15) is 18.4 Å². The maximum absolute atomic E-state index is 13.4. The molecule has 1 N–H and O–H groups in total. The van der Waals surface area contributed by atoms with Crippen LogP contribution in [0.5, 0.6) is 11.5 Å². The number of amidine groups is 1. The van der Waals surface area contributed by atoms with Crippen LogP contribution in [0.3, 0.4) is 0 Å². The van der Waals surface area contributed by atoms with E-state index in [0.29, 0.717) is 22.3 Å². The van der Waals surface area contributed by atoms with Crippen molar-refractivity contribution in [3.05, 3.63) is 89.1 Å². The third-order valence-electron chi connectivity index (χ3n) is 5.41. The lowest BCUT2D eigenvalue weighted by Gasteiger charge is -2.19. The average molecular weight is 538 g/mol. The quantitative estimate of drug-likeness (QED) is 0.355. The van der Waals surface area contributed by atoms with Gasteiger partial charge in [-0.05, 0) is 85.1 Å². The fraction of sp³-hybridized carbons (Fsp3) is 0.179. The molecule has 0 bridgehead atoms. The molecule has 2 amide bonds. The van der Waals surface area contributed by atoms with Gasteiger partial charge in [0.1, 0.15) is 17.2 Å². The number of thioether (sulfide) groups is 1. The van der Waals surface area contributed by atoms with Gasteiger partial charge in [0.15, 0.2) is 5.17 Å². The summed E-state index contributed by atoms with van der Waals surface area (Å²) in [5.41, 5.74) is 4.08. The Kier molecular flexibility index (Phi) is 8.42. The Labute approximate surface area is 223 Å². The lowest BCUT2D eigenvalue weighted by molar-refractivity contribution is -0.114.